The van der Waals surface area contributed by atoms with Crippen LogP contribution in [-0.4, -0.2) is 8.97 Å². The standard InChI is InChI=1S/C37H25N3/c1-39-32-13-4-2-8-26(32)28-21-18-24(22-35(28)39)23-16-19-25(20-17-23)38-31-12-7-15-34-36(31)30-11-6-10-29-27-9-3-5-14-33(27)40(34)37(29)30/h2-22,38H,1H3. The van der Waals surface area contributed by atoms with E-state index in [2.05, 4.69) is 149 Å². The van der Waals surface area contributed by atoms with Gasteiger partial charge in [-0.15, -0.1) is 0 Å². The van der Waals surface area contributed by atoms with Crippen molar-refractivity contribution in [2.75, 3.05) is 5.32 Å². The van der Waals surface area contributed by atoms with Gasteiger partial charge in [0.25, 0.3) is 0 Å². The number of fused-ring (bicyclic) bond motifs is 9. The van der Waals surface area contributed by atoms with Crippen LogP contribution in [0.2, 0.25) is 0 Å². The molecule has 0 amide bonds. The zero-order valence-electron chi connectivity index (χ0n) is 22.0. The molecule has 0 aliphatic carbocycles. The summed E-state index contributed by atoms with van der Waals surface area (Å²) in [5, 5.41) is 11.5. The molecule has 6 aromatic carbocycles. The van der Waals surface area contributed by atoms with Crippen molar-refractivity contribution in [3.8, 4) is 11.1 Å². The molecule has 0 unspecified atom stereocenters. The van der Waals surface area contributed by atoms with Crippen LogP contribution < -0.4 is 5.32 Å². The van der Waals surface area contributed by atoms with E-state index in [4.69, 9.17) is 0 Å². The van der Waals surface area contributed by atoms with E-state index in [0.29, 0.717) is 0 Å². The number of hydrogen-bond donors (Lipinski definition) is 1. The van der Waals surface area contributed by atoms with Crippen molar-refractivity contribution in [3.63, 3.8) is 0 Å². The highest BCUT2D eigenvalue weighted by atomic mass is 14.9. The average Bonchev–Trinajstić information content (AvgIpc) is 3.63. The van der Waals surface area contributed by atoms with Crippen molar-refractivity contribution in [2.45, 2.75) is 0 Å². The molecule has 3 heterocycles. The van der Waals surface area contributed by atoms with Crippen molar-refractivity contribution in [3.05, 3.63) is 127 Å². The molecule has 0 aliphatic heterocycles. The molecule has 9 rings (SSSR count). The first-order chi connectivity index (χ1) is 19.8. The molecule has 0 bridgehead atoms. The summed E-state index contributed by atoms with van der Waals surface area (Å²) in [4.78, 5) is 0. The quantitative estimate of drug-likeness (QED) is 0.250. The number of nitrogens with one attached hydrogen (secondary N) is 1. The van der Waals surface area contributed by atoms with Gasteiger partial charge in [-0.3, -0.25) is 0 Å². The Bertz CT molecular complexity index is 2400. The van der Waals surface area contributed by atoms with Gasteiger partial charge in [0.1, 0.15) is 0 Å². The number of anilines is 2. The number of para-hydroxylation sites is 3. The number of aryl methyl sites for hydroxylation is 1. The monoisotopic (exact) mass is 511 g/mol. The third kappa shape index (κ3) is 2.84. The number of nitrogens with zero attached hydrogens (tertiary/aromatic N) is 2. The lowest BCUT2D eigenvalue weighted by atomic mass is 10.0. The van der Waals surface area contributed by atoms with E-state index in [1.54, 1.807) is 0 Å². The van der Waals surface area contributed by atoms with Crippen LogP contribution in [-0.2, 0) is 7.05 Å². The van der Waals surface area contributed by atoms with Crippen molar-refractivity contribution in [1.82, 2.24) is 8.97 Å². The van der Waals surface area contributed by atoms with Crippen LogP contribution in [0.25, 0.3) is 71.0 Å². The van der Waals surface area contributed by atoms with E-state index in [0.717, 1.165) is 11.4 Å². The third-order valence-electron chi connectivity index (χ3n) is 8.66. The smallest absolute Gasteiger partial charge is 0.0621 e. The highest BCUT2D eigenvalue weighted by molar-refractivity contribution is 6.25. The lowest BCUT2D eigenvalue weighted by Gasteiger charge is -2.10. The van der Waals surface area contributed by atoms with Gasteiger partial charge >= 0.3 is 0 Å². The van der Waals surface area contributed by atoms with Crippen molar-refractivity contribution in [2.24, 2.45) is 7.05 Å². The van der Waals surface area contributed by atoms with Crippen LogP contribution >= 0.6 is 0 Å². The van der Waals surface area contributed by atoms with Crippen molar-refractivity contribution >= 4 is 71.3 Å². The Hall–Kier alpha value is -5.28. The molecular weight excluding hydrogens is 486 g/mol. The normalized spacial score (nSPS) is 12.1. The Morgan fingerprint density at radius 2 is 1.10 bits per heavy atom. The van der Waals surface area contributed by atoms with Gasteiger partial charge in [-0.25, -0.2) is 0 Å². The van der Waals surface area contributed by atoms with Gasteiger partial charge in [-0.2, -0.15) is 0 Å². The minimum atomic E-state index is 1.08. The van der Waals surface area contributed by atoms with Crippen LogP contribution in [0, 0.1) is 0 Å². The molecule has 1 N–H and O–H groups in total. The number of aromatic nitrogens is 2. The number of rotatable bonds is 3. The largest absolute Gasteiger partial charge is 0.355 e. The second kappa shape index (κ2) is 7.87. The van der Waals surface area contributed by atoms with Crippen LogP contribution in [0.4, 0.5) is 11.4 Å². The zero-order chi connectivity index (χ0) is 26.4. The van der Waals surface area contributed by atoms with Crippen LogP contribution in [0.5, 0.6) is 0 Å². The van der Waals surface area contributed by atoms with Gasteiger partial charge in [-0.05, 0) is 53.6 Å². The maximum atomic E-state index is 3.74. The first kappa shape index (κ1) is 21.6. The Labute approximate surface area is 230 Å². The molecule has 40 heavy (non-hydrogen) atoms. The summed E-state index contributed by atoms with van der Waals surface area (Å²) in [6.07, 6.45) is 0. The average molecular weight is 512 g/mol. The SMILES string of the molecule is Cn1c2ccccc2c2ccc(-c3ccc(Nc4cccc5c4c4cccc6c7ccccc7n5c64)cc3)cc21. The summed E-state index contributed by atoms with van der Waals surface area (Å²) in [6, 6.07) is 46.2. The predicted octanol–water partition coefficient (Wildman–Crippen LogP) is 9.89. The Morgan fingerprint density at radius 3 is 1.95 bits per heavy atom. The molecule has 0 aliphatic rings. The first-order valence-electron chi connectivity index (χ1n) is 13.8. The summed E-state index contributed by atoms with van der Waals surface area (Å²) in [6.45, 7) is 0. The van der Waals surface area contributed by atoms with E-state index in [1.165, 1.54) is 71.0 Å². The maximum Gasteiger partial charge on any atom is 0.0621 e. The van der Waals surface area contributed by atoms with Gasteiger partial charge in [-0.1, -0.05) is 84.9 Å². The van der Waals surface area contributed by atoms with Gasteiger partial charge in [0.15, 0.2) is 0 Å². The summed E-state index contributed by atoms with van der Waals surface area (Å²) in [5.41, 5.74) is 11.0. The molecule has 188 valence electrons. The van der Waals surface area contributed by atoms with Crippen LogP contribution in [0.15, 0.2) is 127 Å². The summed E-state index contributed by atoms with van der Waals surface area (Å²) in [7, 11) is 2.15. The van der Waals surface area contributed by atoms with E-state index in [-0.39, 0.29) is 0 Å². The highest BCUT2D eigenvalue weighted by Gasteiger charge is 2.18. The van der Waals surface area contributed by atoms with Gasteiger partial charge < -0.3 is 14.3 Å². The van der Waals surface area contributed by atoms with Gasteiger partial charge in [0, 0.05) is 61.8 Å². The third-order valence-corrected chi connectivity index (χ3v) is 8.66. The fourth-order valence-corrected chi connectivity index (χ4v) is 6.83. The minimum Gasteiger partial charge on any atom is -0.355 e. The minimum absolute atomic E-state index is 1.08. The predicted molar refractivity (Wildman–Crippen MR) is 170 cm³/mol. The Kier molecular flexibility index (Phi) is 4.26. The summed E-state index contributed by atoms with van der Waals surface area (Å²) < 4.78 is 4.71. The Balaban J connectivity index is 1.13. The highest BCUT2D eigenvalue weighted by Crippen LogP contribution is 2.42. The first-order valence-corrected chi connectivity index (χ1v) is 13.8. The summed E-state index contributed by atoms with van der Waals surface area (Å²) in [5.74, 6) is 0. The second-order valence-corrected chi connectivity index (χ2v) is 10.8. The molecule has 0 saturated heterocycles. The zero-order valence-corrected chi connectivity index (χ0v) is 22.0. The molecule has 0 spiro atoms. The fraction of sp³-hybridized carbons (Fsp3) is 0.0270. The fourth-order valence-electron chi connectivity index (χ4n) is 6.83. The molecule has 9 aromatic rings. The molecule has 3 nitrogen and oxygen atoms in total. The van der Waals surface area contributed by atoms with Crippen LogP contribution in [0.1, 0.15) is 0 Å². The second-order valence-electron chi connectivity index (χ2n) is 10.8. The Morgan fingerprint density at radius 1 is 0.475 bits per heavy atom. The van der Waals surface area contributed by atoms with Gasteiger partial charge in [0.2, 0.25) is 0 Å². The van der Waals surface area contributed by atoms with E-state index in [1.807, 2.05) is 0 Å². The van der Waals surface area contributed by atoms with Crippen molar-refractivity contribution < 1.29 is 0 Å². The summed E-state index contributed by atoms with van der Waals surface area (Å²) >= 11 is 0. The molecule has 3 heteroatoms. The lowest BCUT2D eigenvalue weighted by molar-refractivity contribution is 1.01. The topological polar surface area (TPSA) is 21.4 Å². The maximum absolute atomic E-state index is 3.74. The molecule has 0 radical (unpaired) electrons. The van der Waals surface area contributed by atoms with E-state index >= 15 is 0 Å². The van der Waals surface area contributed by atoms with E-state index < -0.39 is 0 Å². The number of benzene rings is 6. The molecule has 0 saturated carbocycles. The van der Waals surface area contributed by atoms with Gasteiger partial charge in [0.05, 0.1) is 16.6 Å². The molecule has 3 aromatic heterocycles. The van der Waals surface area contributed by atoms with Crippen molar-refractivity contribution in [1.29, 1.82) is 0 Å². The molecule has 0 atom stereocenters. The lowest BCUT2D eigenvalue weighted by Crippen LogP contribution is -1.92. The van der Waals surface area contributed by atoms with Crippen LogP contribution in [0.3, 0.4) is 0 Å². The molecule has 0 fully saturated rings. The molecular formula is C37H25N3. The number of hydrogen-bond acceptors (Lipinski definition) is 1. The van der Waals surface area contributed by atoms with E-state index in [9.17, 15) is 0 Å².